The van der Waals surface area contributed by atoms with Crippen LogP contribution in [0.1, 0.15) is 28.7 Å². The number of carbonyl (C=O) groups excluding carboxylic acids is 1. The summed E-state index contributed by atoms with van der Waals surface area (Å²) >= 11 is 0. The van der Waals surface area contributed by atoms with Gasteiger partial charge in [0.15, 0.2) is 11.6 Å². The monoisotopic (exact) mass is 303 g/mol. The van der Waals surface area contributed by atoms with Crippen molar-refractivity contribution < 1.29 is 18.5 Å². The summed E-state index contributed by atoms with van der Waals surface area (Å²) in [5.41, 5.74) is 0. The van der Waals surface area contributed by atoms with Crippen LogP contribution >= 0.6 is 0 Å². The summed E-state index contributed by atoms with van der Waals surface area (Å²) in [4.78, 5) is 18.3. The van der Waals surface area contributed by atoms with Crippen molar-refractivity contribution in [1.82, 2.24) is 15.0 Å². The minimum Gasteiger partial charge on any atom is -0.459 e. The number of rotatable bonds is 3. The molecule has 0 bridgehead atoms. The predicted molar refractivity (Wildman–Crippen MR) is 74.1 cm³/mol. The van der Waals surface area contributed by atoms with Gasteiger partial charge in [-0.05, 0) is 25.5 Å². The Bertz CT molecular complexity index is 652. The van der Waals surface area contributed by atoms with Gasteiger partial charge >= 0.3 is 0 Å². The number of nitrogens with zero attached hydrogens (tertiary/aromatic N) is 3. The normalized spacial score (nSPS) is 27.3. The lowest BCUT2D eigenvalue weighted by atomic mass is 10.0. The molecule has 2 aromatic heterocycles. The van der Waals surface area contributed by atoms with Crippen LogP contribution in [-0.2, 0) is 11.2 Å². The first-order chi connectivity index (χ1) is 10.7. The number of fused-ring (bicyclic) bond motifs is 1. The van der Waals surface area contributed by atoms with Crippen LogP contribution in [0.4, 0.5) is 0 Å². The second-order valence-corrected chi connectivity index (χ2v) is 5.92. The number of aryl methyl sites for hydroxylation is 1. The molecule has 0 radical (unpaired) electrons. The van der Waals surface area contributed by atoms with Gasteiger partial charge in [0.2, 0.25) is 5.89 Å². The molecule has 7 nitrogen and oxygen atoms in total. The predicted octanol–water partition coefficient (Wildman–Crippen LogP) is 1.44. The Kier molecular flexibility index (Phi) is 3.22. The topological polar surface area (TPSA) is 81.6 Å². The van der Waals surface area contributed by atoms with Crippen molar-refractivity contribution in [3.05, 3.63) is 35.9 Å². The van der Waals surface area contributed by atoms with Gasteiger partial charge in [0.1, 0.15) is 0 Å². The smallest absolute Gasteiger partial charge is 0.289 e. The van der Waals surface area contributed by atoms with E-state index >= 15 is 0 Å². The number of ether oxygens (including phenoxy) is 1. The van der Waals surface area contributed by atoms with E-state index in [4.69, 9.17) is 13.7 Å². The fraction of sp³-hybridized carbons (Fsp3) is 0.533. The van der Waals surface area contributed by atoms with Gasteiger partial charge in [-0.2, -0.15) is 4.98 Å². The number of carbonyl (C=O) groups is 1. The average molecular weight is 303 g/mol. The van der Waals surface area contributed by atoms with E-state index in [0.29, 0.717) is 42.9 Å². The molecule has 7 heteroatoms. The van der Waals surface area contributed by atoms with Gasteiger partial charge in [0, 0.05) is 19.0 Å². The maximum Gasteiger partial charge on any atom is 0.289 e. The summed E-state index contributed by atoms with van der Waals surface area (Å²) in [6.07, 6.45) is 3.25. The molecule has 0 aliphatic carbocycles. The third-order valence-electron chi connectivity index (χ3n) is 4.30. The fourth-order valence-corrected chi connectivity index (χ4v) is 3.33. The second-order valence-electron chi connectivity index (χ2n) is 5.92. The van der Waals surface area contributed by atoms with E-state index in [1.807, 2.05) is 0 Å². The first-order valence-corrected chi connectivity index (χ1v) is 7.46. The Morgan fingerprint density at radius 1 is 1.45 bits per heavy atom. The van der Waals surface area contributed by atoms with E-state index in [-0.39, 0.29) is 18.1 Å². The number of furan rings is 1. The fourth-order valence-electron chi connectivity index (χ4n) is 3.33. The molecule has 0 N–H and O–H groups in total. The first kappa shape index (κ1) is 13.5. The first-order valence-electron chi connectivity index (χ1n) is 7.46. The van der Waals surface area contributed by atoms with Crippen LogP contribution in [0.25, 0.3) is 0 Å². The summed E-state index contributed by atoms with van der Waals surface area (Å²) in [5.74, 6) is 1.95. The molecule has 2 fully saturated rings. The molecule has 0 spiro atoms. The molecule has 2 aromatic rings. The zero-order valence-electron chi connectivity index (χ0n) is 12.3. The van der Waals surface area contributed by atoms with Crippen molar-refractivity contribution in [3.8, 4) is 0 Å². The van der Waals surface area contributed by atoms with Crippen LogP contribution in [0.15, 0.2) is 27.3 Å². The van der Waals surface area contributed by atoms with Crippen LogP contribution in [0.3, 0.4) is 0 Å². The van der Waals surface area contributed by atoms with E-state index in [2.05, 4.69) is 10.1 Å². The van der Waals surface area contributed by atoms with Crippen LogP contribution < -0.4 is 0 Å². The number of likely N-dealkylation sites (tertiary alicyclic amines) is 1. The Hall–Kier alpha value is -2.15. The molecule has 4 rings (SSSR count). The molecule has 4 heterocycles. The molecular weight excluding hydrogens is 286 g/mol. The van der Waals surface area contributed by atoms with E-state index in [0.717, 1.165) is 6.42 Å². The van der Waals surface area contributed by atoms with E-state index in [1.165, 1.54) is 6.26 Å². The summed E-state index contributed by atoms with van der Waals surface area (Å²) in [6.45, 7) is 3.13. The zero-order chi connectivity index (χ0) is 15.1. The number of hydrogen-bond donors (Lipinski definition) is 0. The van der Waals surface area contributed by atoms with Gasteiger partial charge in [-0.25, -0.2) is 0 Å². The summed E-state index contributed by atoms with van der Waals surface area (Å²) in [6, 6.07) is 3.42. The van der Waals surface area contributed by atoms with Gasteiger partial charge in [0.05, 0.1) is 24.9 Å². The van der Waals surface area contributed by atoms with Crippen molar-refractivity contribution in [2.45, 2.75) is 32.0 Å². The highest BCUT2D eigenvalue weighted by atomic mass is 16.5. The molecule has 2 saturated heterocycles. The lowest BCUT2D eigenvalue weighted by Crippen LogP contribution is -2.31. The Morgan fingerprint density at radius 2 is 2.36 bits per heavy atom. The van der Waals surface area contributed by atoms with Crippen LogP contribution in [0.2, 0.25) is 0 Å². The molecule has 2 aliphatic rings. The SMILES string of the molecule is Cc1noc(C[C@@H]2C[C@H]3CN(C(=O)c4ccco4)C[C@H]3O2)n1. The molecule has 22 heavy (non-hydrogen) atoms. The zero-order valence-corrected chi connectivity index (χ0v) is 12.3. The minimum atomic E-state index is -0.0629. The van der Waals surface area contributed by atoms with Gasteiger partial charge in [0.25, 0.3) is 5.91 Å². The summed E-state index contributed by atoms with van der Waals surface area (Å²) in [5, 5.41) is 3.79. The van der Waals surface area contributed by atoms with Crippen LogP contribution in [0, 0.1) is 12.8 Å². The highest BCUT2D eigenvalue weighted by Crippen LogP contribution is 2.34. The third-order valence-corrected chi connectivity index (χ3v) is 4.30. The highest BCUT2D eigenvalue weighted by molar-refractivity contribution is 5.91. The van der Waals surface area contributed by atoms with Crippen molar-refractivity contribution in [3.63, 3.8) is 0 Å². The average Bonchev–Trinajstić information content (AvgIpc) is 3.21. The van der Waals surface area contributed by atoms with E-state index in [1.54, 1.807) is 24.0 Å². The van der Waals surface area contributed by atoms with Crippen molar-refractivity contribution in [2.75, 3.05) is 13.1 Å². The quantitative estimate of drug-likeness (QED) is 0.853. The van der Waals surface area contributed by atoms with Gasteiger partial charge < -0.3 is 18.6 Å². The molecule has 0 saturated carbocycles. The molecule has 0 unspecified atom stereocenters. The maximum absolute atomic E-state index is 12.3. The molecular formula is C15H17N3O4. The standard InChI is InChI=1S/C15H17N3O4/c1-9-16-14(22-17-9)6-11-5-10-7-18(8-13(10)21-11)15(19)12-3-2-4-20-12/h2-4,10-11,13H,5-8H2,1H3/t10-,11-,13+/m0/s1. The Morgan fingerprint density at radius 3 is 3.05 bits per heavy atom. The lowest BCUT2D eigenvalue weighted by molar-refractivity contribution is 0.0324. The van der Waals surface area contributed by atoms with Crippen LogP contribution in [-0.4, -0.2) is 46.2 Å². The largest absolute Gasteiger partial charge is 0.459 e. The highest BCUT2D eigenvalue weighted by Gasteiger charge is 2.44. The Balaban J connectivity index is 1.35. The molecule has 2 aliphatic heterocycles. The molecule has 1 amide bonds. The van der Waals surface area contributed by atoms with Gasteiger partial charge in [-0.1, -0.05) is 5.16 Å². The molecule has 3 atom stereocenters. The van der Waals surface area contributed by atoms with Crippen molar-refractivity contribution in [1.29, 1.82) is 0 Å². The van der Waals surface area contributed by atoms with Crippen LogP contribution in [0.5, 0.6) is 0 Å². The van der Waals surface area contributed by atoms with Crippen molar-refractivity contribution >= 4 is 5.91 Å². The lowest BCUT2D eigenvalue weighted by Gasteiger charge is -2.17. The van der Waals surface area contributed by atoms with Crippen molar-refractivity contribution in [2.24, 2.45) is 5.92 Å². The summed E-state index contributed by atoms with van der Waals surface area (Å²) < 4.78 is 16.4. The second kappa shape index (κ2) is 5.24. The third kappa shape index (κ3) is 2.41. The minimum absolute atomic E-state index is 0.0629. The van der Waals surface area contributed by atoms with Gasteiger partial charge in [-0.15, -0.1) is 0 Å². The molecule has 0 aromatic carbocycles. The van der Waals surface area contributed by atoms with E-state index < -0.39 is 0 Å². The Labute approximate surface area is 127 Å². The maximum atomic E-state index is 12.3. The number of hydrogen-bond acceptors (Lipinski definition) is 6. The molecule has 116 valence electrons. The number of amides is 1. The number of aromatic nitrogens is 2. The van der Waals surface area contributed by atoms with E-state index in [9.17, 15) is 4.79 Å². The van der Waals surface area contributed by atoms with Gasteiger partial charge in [-0.3, -0.25) is 4.79 Å². The summed E-state index contributed by atoms with van der Waals surface area (Å²) in [7, 11) is 0.